The van der Waals surface area contributed by atoms with E-state index in [1.54, 1.807) is 0 Å². The van der Waals surface area contributed by atoms with E-state index in [1.807, 2.05) is 24.3 Å². The summed E-state index contributed by atoms with van der Waals surface area (Å²) in [6.07, 6.45) is 5.35. The number of nitrogens with zero attached hydrogens (tertiary/aromatic N) is 5. The molecule has 2 atom stereocenters. The maximum Gasteiger partial charge on any atom is 0.200 e. The van der Waals surface area contributed by atoms with E-state index in [0.29, 0.717) is 24.2 Å². The Morgan fingerprint density at radius 1 is 1.24 bits per heavy atom. The first kappa shape index (κ1) is 16.0. The molecule has 4 rings (SSSR count). The highest BCUT2D eigenvalue weighted by Gasteiger charge is 2.19. The molecule has 130 valence electrons. The average Bonchev–Trinajstić information content (AvgIpc) is 3.08. The van der Waals surface area contributed by atoms with Crippen LogP contribution in [0.3, 0.4) is 0 Å². The molecule has 0 saturated heterocycles. The van der Waals surface area contributed by atoms with Gasteiger partial charge in [-0.05, 0) is 59.0 Å². The highest BCUT2D eigenvalue weighted by atomic mass is 16.5. The molecule has 0 aliphatic heterocycles. The van der Waals surface area contributed by atoms with Gasteiger partial charge in [-0.2, -0.15) is 0 Å². The van der Waals surface area contributed by atoms with Gasteiger partial charge >= 0.3 is 0 Å². The highest BCUT2D eigenvalue weighted by molar-refractivity contribution is 5.57. The lowest BCUT2D eigenvalue weighted by Crippen LogP contribution is -2.21. The summed E-state index contributed by atoms with van der Waals surface area (Å²) in [6.45, 7) is 2.96. The van der Waals surface area contributed by atoms with Crippen LogP contribution in [0.15, 0.2) is 36.4 Å². The Balaban J connectivity index is 1.40. The topological polar surface area (TPSA) is 77.2 Å². The maximum atomic E-state index is 6.12. The maximum absolute atomic E-state index is 6.12. The lowest BCUT2D eigenvalue weighted by Gasteiger charge is -2.26. The molecule has 1 aromatic carbocycles. The fraction of sp³-hybridized carbons (Fsp3) is 0.444. The summed E-state index contributed by atoms with van der Waals surface area (Å²) >= 11 is 0. The molecule has 1 N–H and O–H groups in total. The normalized spacial score (nSPS) is 20.7. The minimum atomic E-state index is 0.393. The standard InChI is InChI=1S/C18H22N6O/c1-13-4-2-7-16(10-13)25-12-14-5-3-6-15(11-14)19-17-8-9-18-20-22-23-24(18)21-17/h3,5-6,8-9,11,13,16H,2,4,7,10,12H2,1H3,(H,19,21)/t13-,16-/m0/s1. The second-order valence-corrected chi connectivity index (χ2v) is 6.78. The van der Waals surface area contributed by atoms with Gasteiger partial charge < -0.3 is 10.1 Å². The van der Waals surface area contributed by atoms with Crippen molar-refractivity contribution < 1.29 is 4.74 Å². The third-order valence-electron chi connectivity index (χ3n) is 4.64. The van der Waals surface area contributed by atoms with Crippen molar-refractivity contribution in [1.82, 2.24) is 25.3 Å². The van der Waals surface area contributed by atoms with Crippen molar-refractivity contribution in [2.45, 2.75) is 45.3 Å². The lowest BCUT2D eigenvalue weighted by molar-refractivity contribution is 0.00469. The summed E-state index contributed by atoms with van der Waals surface area (Å²) in [7, 11) is 0. The molecule has 1 saturated carbocycles. The summed E-state index contributed by atoms with van der Waals surface area (Å²) in [6, 6.07) is 11.9. The van der Waals surface area contributed by atoms with Crippen molar-refractivity contribution in [2.24, 2.45) is 5.92 Å². The molecule has 7 heteroatoms. The SMILES string of the molecule is C[C@H]1CCC[C@H](OCc2cccc(Nc3ccc4nnnn4n3)c2)C1. The van der Waals surface area contributed by atoms with Gasteiger partial charge in [0.1, 0.15) is 0 Å². The Kier molecular flexibility index (Phi) is 4.56. The van der Waals surface area contributed by atoms with Gasteiger partial charge in [0.25, 0.3) is 0 Å². The number of aromatic nitrogens is 5. The van der Waals surface area contributed by atoms with Gasteiger partial charge in [0.15, 0.2) is 11.5 Å². The first-order valence-electron chi connectivity index (χ1n) is 8.79. The van der Waals surface area contributed by atoms with Crippen molar-refractivity contribution in [3.8, 4) is 0 Å². The molecule has 1 fully saturated rings. The predicted molar refractivity (Wildman–Crippen MR) is 94.5 cm³/mol. The number of rotatable bonds is 5. The number of nitrogens with one attached hydrogen (secondary N) is 1. The molecule has 1 aliphatic carbocycles. The zero-order valence-electron chi connectivity index (χ0n) is 14.3. The first-order valence-corrected chi connectivity index (χ1v) is 8.79. The predicted octanol–water partition coefficient (Wildman–Crippen LogP) is 3.36. The molecule has 0 spiro atoms. The van der Waals surface area contributed by atoms with E-state index < -0.39 is 0 Å². The van der Waals surface area contributed by atoms with Crippen LogP contribution in [0.1, 0.15) is 38.2 Å². The Morgan fingerprint density at radius 3 is 3.12 bits per heavy atom. The number of tetrazole rings is 1. The summed E-state index contributed by atoms with van der Waals surface area (Å²) in [5.41, 5.74) is 2.75. The van der Waals surface area contributed by atoms with E-state index in [2.05, 4.69) is 45.0 Å². The van der Waals surface area contributed by atoms with Crippen molar-refractivity contribution in [3.63, 3.8) is 0 Å². The highest BCUT2D eigenvalue weighted by Crippen LogP contribution is 2.26. The van der Waals surface area contributed by atoms with Gasteiger partial charge in [0, 0.05) is 5.69 Å². The van der Waals surface area contributed by atoms with Gasteiger partial charge in [-0.25, -0.2) is 0 Å². The quantitative estimate of drug-likeness (QED) is 0.769. The molecule has 2 heterocycles. The van der Waals surface area contributed by atoms with E-state index >= 15 is 0 Å². The molecular weight excluding hydrogens is 316 g/mol. The molecule has 0 unspecified atom stereocenters. The van der Waals surface area contributed by atoms with Crippen molar-refractivity contribution in [3.05, 3.63) is 42.0 Å². The summed E-state index contributed by atoms with van der Waals surface area (Å²) in [5, 5.41) is 18.9. The first-order chi connectivity index (χ1) is 12.3. The smallest absolute Gasteiger partial charge is 0.200 e. The van der Waals surface area contributed by atoms with Gasteiger partial charge in [-0.3, -0.25) is 0 Å². The molecule has 0 bridgehead atoms. The van der Waals surface area contributed by atoms with Gasteiger partial charge in [0.05, 0.1) is 12.7 Å². The van der Waals surface area contributed by atoms with Crippen LogP contribution in [0.5, 0.6) is 0 Å². The van der Waals surface area contributed by atoms with Crippen molar-refractivity contribution >= 4 is 17.2 Å². The monoisotopic (exact) mass is 338 g/mol. The molecule has 0 radical (unpaired) electrons. The van der Waals surface area contributed by atoms with Crippen LogP contribution in [0.4, 0.5) is 11.5 Å². The average molecular weight is 338 g/mol. The fourth-order valence-electron chi connectivity index (χ4n) is 3.35. The van der Waals surface area contributed by atoms with E-state index in [-0.39, 0.29) is 0 Å². The second kappa shape index (κ2) is 7.14. The Hall–Kier alpha value is -2.54. The van der Waals surface area contributed by atoms with Crippen LogP contribution in [0.25, 0.3) is 5.65 Å². The van der Waals surface area contributed by atoms with E-state index in [4.69, 9.17) is 4.74 Å². The third-order valence-corrected chi connectivity index (χ3v) is 4.64. The van der Waals surface area contributed by atoms with E-state index in [9.17, 15) is 0 Å². The van der Waals surface area contributed by atoms with Crippen LogP contribution >= 0.6 is 0 Å². The second-order valence-electron chi connectivity index (χ2n) is 6.78. The zero-order chi connectivity index (χ0) is 17.1. The molecule has 3 aromatic rings. The van der Waals surface area contributed by atoms with E-state index in [1.165, 1.54) is 30.3 Å². The number of hydrogen-bond acceptors (Lipinski definition) is 6. The van der Waals surface area contributed by atoms with Crippen LogP contribution in [-0.2, 0) is 11.3 Å². The number of anilines is 2. The summed E-state index contributed by atoms with van der Waals surface area (Å²) < 4.78 is 7.52. The summed E-state index contributed by atoms with van der Waals surface area (Å²) in [4.78, 5) is 0. The van der Waals surface area contributed by atoms with Gasteiger partial charge in [-0.1, -0.05) is 31.9 Å². The number of benzene rings is 1. The number of fused-ring (bicyclic) bond motifs is 1. The van der Waals surface area contributed by atoms with Crippen LogP contribution in [-0.4, -0.2) is 31.4 Å². The van der Waals surface area contributed by atoms with Crippen LogP contribution < -0.4 is 5.32 Å². The number of ether oxygens (including phenoxy) is 1. The molecule has 2 aromatic heterocycles. The Bertz CT molecular complexity index is 848. The van der Waals surface area contributed by atoms with Gasteiger partial charge in [0.2, 0.25) is 0 Å². The van der Waals surface area contributed by atoms with Gasteiger partial charge in [-0.15, -0.1) is 14.8 Å². The fourth-order valence-corrected chi connectivity index (χ4v) is 3.35. The number of hydrogen-bond donors (Lipinski definition) is 1. The molecule has 1 aliphatic rings. The molecule has 0 amide bonds. The minimum absolute atomic E-state index is 0.393. The largest absolute Gasteiger partial charge is 0.374 e. The zero-order valence-corrected chi connectivity index (χ0v) is 14.3. The summed E-state index contributed by atoms with van der Waals surface area (Å²) in [5.74, 6) is 1.47. The third kappa shape index (κ3) is 3.93. The lowest BCUT2D eigenvalue weighted by atomic mass is 9.89. The van der Waals surface area contributed by atoms with Crippen LogP contribution in [0, 0.1) is 5.92 Å². The minimum Gasteiger partial charge on any atom is -0.374 e. The van der Waals surface area contributed by atoms with Crippen LogP contribution in [0.2, 0.25) is 0 Å². The molecule has 7 nitrogen and oxygen atoms in total. The Labute approximate surface area is 146 Å². The van der Waals surface area contributed by atoms with Crippen molar-refractivity contribution in [2.75, 3.05) is 5.32 Å². The van der Waals surface area contributed by atoms with Crippen molar-refractivity contribution in [1.29, 1.82) is 0 Å². The van der Waals surface area contributed by atoms with E-state index in [0.717, 1.165) is 17.2 Å². The molecule has 25 heavy (non-hydrogen) atoms. The Morgan fingerprint density at radius 2 is 2.20 bits per heavy atom. The molecular formula is C18H22N6O.